The van der Waals surface area contributed by atoms with Crippen LogP contribution in [0.3, 0.4) is 0 Å². The Morgan fingerprint density at radius 1 is 1.37 bits per heavy atom. The van der Waals surface area contributed by atoms with Crippen LogP contribution < -0.4 is 10.1 Å². The molecule has 4 heteroatoms. The van der Waals surface area contributed by atoms with Crippen LogP contribution in [-0.2, 0) is 0 Å². The molecule has 2 unspecified atom stereocenters. The lowest BCUT2D eigenvalue weighted by Gasteiger charge is -2.53. The van der Waals surface area contributed by atoms with E-state index in [2.05, 4.69) is 21.2 Å². The zero-order valence-corrected chi connectivity index (χ0v) is 12.7. The van der Waals surface area contributed by atoms with E-state index in [0.29, 0.717) is 16.3 Å². The normalized spacial score (nSPS) is 28.4. The Labute approximate surface area is 121 Å². The van der Waals surface area contributed by atoms with Gasteiger partial charge in [-0.25, -0.2) is 4.39 Å². The standard InChI is InChI=1S/C15H19BrFNO/c1-18-13-9-14(15(13)6-2-3-7-15)19-10-4-5-11(16)12(17)8-10/h4-5,8,13-14,18H,2-3,6-7,9H2,1H3. The van der Waals surface area contributed by atoms with Gasteiger partial charge in [-0.05, 0) is 48.0 Å². The Morgan fingerprint density at radius 3 is 2.74 bits per heavy atom. The second-order valence-electron chi connectivity index (χ2n) is 5.70. The van der Waals surface area contributed by atoms with Gasteiger partial charge >= 0.3 is 0 Å². The molecular weight excluding hydrogens is 309 g/mol. The van der Waals surface area contributed by atoms with Crippen LogP contribution in [-0.4, -0.2) is 19.2 Å². The van der Waals surface area contributed by atoms with Gasteiger partial charge in [0.15, 0.2) is 0 Å². The van der Waals surface area contributed by atoms with E-state index in [1.807, 2.05) is 13.1 Å². The van der Waals surface area contributed by atoms with Gasteiger partial charge in [-0.2, -0.15) is 0 Å². The molecule has 104 valence electrons. The first-order chi connectivity index (χ1) is 9.15. The molecule has 0 aromatic heterocycles. The number of rotatable bonds is 3. The topological polar surface area (TPSA) is 21.3 Å². The molecule has 1 spiro atoms. The monoisotopic (exact) mass is 327 g/mol. The average molecular weight is 328 g/mol. The van der Waals surface area contributed by atoms with E-state index >= 15 is 0 Å². The molecule has 19 heavy (non-hydrogen) atoms. The first kappa shape index (κ1) is 13.4. The number of nitrogens with one attached hydrogen (secondary N) is 1. The van der Waals surface area contributed by atoms with Crippen LogP contribution in [0.2, 0.25) is 0 Å². The van der Waals surface area contributed by atoms with E-state index in [9.17, 15) is 4.39 Å². The molecule has 2 fully saturated rings. The summed E-state index contributed by atoms with van der Waals surface area (Å²) in [6.45, 7) is 0. The van der Waals surface area contributed by atoms with Gasteiger partial charge in [-0.3, -0.25) is 0 Å². The summed E-state index contributed by atoms with van der Waals surface area (Å²) in [6.07, 6.45) is 6.27. The lowest BCUT2D eigenvalue weighted by Crippen LogP contribution is -2.63. The smallest absolute Gasteiger partial charge is 0.141 e. The number of ether oxygens (including phenoxy) is 1. The number of hydrogen-bond donors (Lipinski definition) is 1. The van der Waals surface area contributed by atoms with Gasteiger partial charge in [0.25, 0.3) is 0 Å². The summed E-state index contributed by atoms with van der Waals surface area (Å²) in [5.74, 6) is 0.383. The largest absolute Gasteiger partial charge is 0.490 e. The SMILES string of the molecule is CNC1CC(Oc2ccc(Br)c(F)c2)C12CCCC2. The Balaban J connectivity index is 1.75. The van der Waals surface area contributed by atoms with Gasteiger partial charge in [0, 0.05) is 23.9 Å². The first-order valence-electron chi connectivity index (χ1n) is 6.95. The third-order valence-electron chi connectivity index (χ3n) is 4.84. The Kier molecular flexibility index (Phi) is 3.56. The van der Waals surface area contributed by atoms with E-state index in [1.54, 1.807) is 6.07 Å². The van der Waals surface area contributed by atoms with Crippen molar-refractivity contribution in [1.82, 2.24) is 5.32 Å². The van der Waals surface area contributed by atoms with E-state index in [1.165, 1.54) is 31.7 Å². The van der Waals surface area contributed by atoms with Crippen molar-refractivity contribution in [3.8, 4) is 5.75 Å². The lowest BCUT2D eigenvalue weighted by molar-refractivity contribution is -0.0737. The third kappa shape index (κ3) is 2.19. The van der Waals surface area contributed by atoms with Gasteiger partial charge in [0.2, 0.25) is 0 Å². The van der Waals surface area contributed by atoms with Crippen molar-refractivity contribution in [2.75, 3.05) is 7.05 Å². The summed E-state index contributed by atoms with van der Waals surface area (Å²) in [6, 6.07) is 5.57. The van der Waals surface area contributed by atoms with Gasteiger partial charge in [0.05, 0.1) is 4.47 Å². The molecular formula is C15H19BrFNO. The Bertz CT molecular complexity index is 473. The maximum atomic E-state index is 13.5. The van der Waals surface area contributed by atoms with Crippen molar-refractivity contribution in [2.45, 2.75) is 44.2 Å². The van der Waals surface area contributed by atoms with Gasteiger partial charge in [0.1, 0.15) is 17.7 Å². The number of halogens is 2. The fourth-order valence-electron chi connectivity index (χ4n) is 3.74. The molecule has 0 aliphatic heterocycles. The molecule has 2 aliphatic carbocycles. The average Bonchev–Trinajstić information content (AvgIpc) is 2.90. The van der Waals surface area contributed by atoms with Crippen LogP contribution in [0.4, 0.5) is 4.39 Å². The summed E-state index contributed by atoms with van der Waals surface area (Å²) >= 11 is 3.17. The number of hydrogen-bond acceptors (Lipinski definition) is 2. The maximum Gasteiger partial charge on any atom is 0.141 e. The predicted octanol–water partition coefficient (Wildman–Crippen LogP) is 3.89. The summed E-state index contributed by atoms with van der Waals surface area (Å²) in [7, 11) is 2.03. The van der Waals surface area contributed by atoms with Gasteiger partial charge in [-0.1, -0.05) is 12.8 Å². The van der Waals surface area contributed by atoms with Crippen LogP contribution in [0.1, 0.15) is 32.1 Å². The van der Waals surface area contributed by atoms with Gasteiger partial charge < -0.3 is 10.1 Å². The summed E-state index contributed by atoms with van der Waals surface area (Å²) < 4.78 is 20.1. The molecule has 2 atom stereocenters. The molecule has 2 nitrogen and oxygen atoms in total. The fraction of sp³-hybridized carbons (Fsp3) is 0.600. The van der Waals surface area contributed by atoms with Crippen molar-refractivity contribution in [1.29, 1.82) is 0 Å². The minimum absolute atomic E-state index is 0.230. The van der Waals surface area contributed by atoms with E-state index < -0.39 is 0 Å². The Morgan fingerprint density at radius 2 is 2.11 bits per heavy atom. The summed E-state index contributed by atoms with van der Waals surface area (Å²) in [5, 5.41) is 3.41. The van der Waals surface area contributed by atoms with Gasteiger partial charge in [-0.15, -0.1) is 0 Å². The highest BCUT2D eigenvalue weighted by molar-refractivity contribution is 9.10. The molecule has 1 N–H and O–H groups in total. The summed E-state index contributed by atoms with van der Waals surface area (Å²) in [5.41, 5.74) is 0.276. The molecule has 2 saturated carbocycles. The van der Waals surface area contributed by atoms with Crippen LogP contribution in [0.25, 0.3) is 0 Å². The van der Waals surface area contributed by atoms with Crippen molar-refractivity contribution >= 4 is 15.9 Å². The number of benzene rings is 1. The Hall–Kier alpha value is -0.610. The van der Waals surface area contributed by atoms with Crippen LogP contribution in [0.5, 0.6) is 5.75 Å². The van der Waals surface area contributed by atoms with E-state index in [-0.39, 0.29) is 17.3 Å². The fourth-order valence-corrected chi connectivity index (χ4v) is 3.98. The van der Waals surface area contributed by atoms with E-state index in [4.69, 9.17) is 4.74 Å². The zero-order chi connectivity index (χ0) is 13.5. The lowest BCUT2D eigenvalue weighted by atomic mass is 9.60. The first-order valence-corrected chi connectivity index (χ1v) is 7.74. The minimum Gasteiger partial charge on any atom is -0.490 e. The highest BCUT2D eigenvalue weighted by atomic mass is 79.9. The third-order valence-corrected chi connectivity index (χ3v) is 5.48. The molecule has 0 amide bonds. The van der Waals surface area contributed by atoms with Crippen LogP contribution >= 0.6 is 15.9 Å². The molecule has 0 bridgehead atoms. The highest BCUT2D eigenvalue weighted by Crippen LogP contribution is 2.54. The summed E-state index contributed by atoms with van der Waals surface area (Å²) in [4.78, 5) is 0. The molecule has 0 saturated heterocycles. The second-order valence-corrected chi connectivity index (χ2v) is 6.55. The quantitative estimate of drug-likeness (QED) is 0.909. The van der Waals surface area contributed by atoms with Crippen LogP contribution in [0.15, 0.2) is 22.7 Å². The highest BCUT2D eigenvalue weighted by Gasteiger charge is 2.56. The molecule has 3 rings (SSSR count). The van der Waals surface area contributed by atoms with Crippen molar-refractivity contribution in [2.24, 2.45) is 5.41 Å². The zero-order valence-electron chi connectivity index (χ0n) is 11.1. The van der Waals surface area contributed by atoms with Crippen molar-refractivity contribution < 1.29 is 9.13 Å². The molecule has 1 aromatic carbocycles. The molecule has 2 aliphatic rings. The maximum absolute atomic E-state index is 13.5. The molecule has 0 heterocycles. The van der Waals surface area contributed by atoms with Crippen LogP contribution in [0, 0.1) is 11.2 Å². The molecule has 0 radical (unpaired) electrons. The predicted molar refractivity (Wildman–Crippen MR) is 76.9 cm³/mol. The minimum atomic E-state index is -0.262. The van der Waals surface area contributed by atoms with Crippen molar-refractivity contribution in [3.05, 3.63) is 28.5 Å². The van der Waals surface area contributed by atoms with E-state index in [0.717, 1.165) is 6.42 Å². The van der Waals surface area contributed by atoms with Crippen molar-refractivity contribution in [3.63, 3.8) is 0 Å². The molecule has 1 aromatic rings. The second kappa shape index (κ2) is 5.06.